The Labute approximate surface area is 110 Å². The summed E-state index contributed by atoms with van der Waals surface area (Å²) in [6, 6.07) is 13.8. The molecule has 0 heterocycles. The van der Waals surface area contributed by atoms with Crippen LogP contribution in [0.25, 0.3) is 0 Å². The maximum absolute atomic E-state index is 13.0. The molecule has 18 heavy (non-hydrogen) atoms. The highest BCUT2D eigenvalue weighted by molar-refractivity contribution is 6.31. The Bertz CT molecular complexity index is 575. The molecule has 2 rings (SSSR count). The first-order chi connectivity index (χ1) is 8.70. The summed E-state index contributed by atoms with van der Waals surface area (Å²) >= 11 is 5.95. The van der Waals surface area contributed by atoms with Gasteiger partial charge in [0.05, 0.1) is 5.02 Å². The molecule has 2 aromatic rings. The number of benzene rings is 2. The molecular weight excluding hydrogens is 251 g/mol. The van der Waals surface area contributed by atoms with Crippen LogP contribution in [0.5, 0.6) is 5.75 Å². The van der Waals surface area contributed by atoms with Gasteiger partial charge in [0.2, 0.25) is 0 Å². The highest BCUT2D eigenvalue weighted by atomic mass is 35.5. The Morgan fingerprint density at radius 1 is 1.28 bits per heavy atom. The van der Waals surface area contributed by atoms with E-state index in [1.54, 1.807) is 24.3 Å². The van der Waals surface area contributed by atoms with Crippen molar-refractivity contribution in [2.75, 3.05) is 0 Å². The minimum Gasteiger partial charge on any atom is -0.473 e. The van der Waals surface area contributed by atoms with Crippen LogP contribution in [0.2, 0.25) is 5.02 Å². The number of ether oxygens (including phenoxy) is 1. The molecular formula is C15H9ClFO. The lowest BCUT2D eigenvalue weighted by molar-refractivity contribution is 0.265. The van der Waals surface area contributed by atoms with E-state index in [-0.39, 0.29) is 5.02 Å². The third-order valence-electron chi connectivity index (χ3n) is 2.34. The quantitative estimate of drug-likeness (QED) is 0.756. The zero-order valence-corrected chi connectivity index (χ0v) is 10.1. The molecule has 1 atom stereocenters. The first kappa shape index (κ1) is 12.5. The SMILES string of the molecule is C#CC(Oc1cc[c]cc1)c1ccc(F)cc1Cl. The Balaban J connectivity index is 2.27. The van der Waals surface area contributed by atoms with Crippen LogP contribution in [0.1, 0.15) is 11.7 Å². The monoisotopic (exact) mass is 259 g/mol. The molecule has 0 saturated heterocycles. The van der Waals surface area contributed by atoms with E-state index in [9.17, 15) is 4.39 Å². The van der Waals surface area contributed by atoms with E-state index in [2.05, 4.69) is 12.0 Å². The number of terminal acetylenes is 1. The third-order valence-corrected chi connectivity index (χ3v) is 2.67. The molecule has 0 fully saturated rings. The summed E-state index contributed by atoms with van der Waals surface area (Å²) in [7, 11) is 0. The zero-order valence-electron chi connectivity index (χ0n) is 9.36. The number of halogens is 2. The van der Waals surface area contributed by atoms with E-state index >= 15 is 0 Å². The van der Waals surface area contributed by atoms with Gasteiger partial charge in [0.1, 0.15) is 11.6 Å². The molecule has 1 nitrogen and oxygen atoms in total. The topological polar surface area (TPSA) is 9.23 Å². The maximum Gasteiger partial charge on any atom is 0.185 e. The van der Waals surface area contributed by atoms with Gasteiger partial charge in [-0.2, -0.15) is 0 Å². The van der Waals surface area contributed by atoms with Crippen LogP contribution >= 0.6 is 11.6 Å². The van der Waals surface area contributed by atoms with Crippen LogP contribution in [0, 0.1) is 24.2 Å². The molecule has 1 radical (unpaired) electrons. The average Bonchev–Trinajstić information content (AvgIpc) is 2.38. The summed E-state index contributed by atoms with van der Waals surface area (Å²) in [5.41, 5.74) is 0.563. The number of rotatable bonds is 3. The van der Waals surface area contributed by atoms with Crippen molar-refractivity contribution in [2.24, 2.45) is 0 Å². The Kier molecular flexibility index (Phi) is 3.86. The summed E-state index contributed by atoms with van der Waals surface area (Å²) in [5, 5.41) is 0.250. The van der Waals surface area contributed by atoms with E-state index in [0.717, 1.165) is 0 Å². The van der Waals surface area contributed by atoms with E-state index in [0.29, 0.717) is 11.3 Å². The van der Waals surface area contributed by atoms with Crippen LogP contribution < -0.4 is 4.74 Å². The zero-order chi connectivity index (χ0) is 13.0. The van der Waals surface area contributed by atoms with Gasteiger partial charge in [-0.3, -0.25) is 0 Å². The van der Waals surface area contributed by atoms with E-state index < -0.39 is 11.9 Å². The molecule has 0 amide bonds. The molecule has 3 heteroatoms. The summed E-state index contributed by atoms with van der Waals surface area (Å²) in [6.07, 6.45) is 4.77. The van der Waals surface area contributed by atoms with Gasteiger partial charge in [-0.25, -0.2) is 4.39 Å². The van der Waals surface area contributed by atoms with Gasteiger partial charge in [0.15, 0.2) is 6.10 Å². The van der Waals surface area contributed by atoms with Crippen molar-refractivity contribution < 1.29 is 9.13 Å². The fourth-order valence-corrected chi connectivity index (χ4v) is 1.75. The lowest BCUT2D eigenvalue weighted by atomic mass is 10.1. The molecule has 89 valence electrons. The predicted octanol–water partition coefficient (Wildman–Crippen LogP) is 4.03. The summed E-state index contributed by atoms with van der Waals surface area (Å²) in [4.78, 5) is 0. The van der Waals surface area contributed by atoms with Crippen LogP contribution in [0.4, 0.5) is 4.39 Å². The van der Waals surface area contributed by atoms with Gasteiger partial charge in [-0.15, -0.1) is 6.42 Å². The molecule has 0 bridgehead atoms. The lowest BCUT2D eigenvalue weighted by Gasteiger charge is -2.15. The fraction of sp³-hybridized carbons (Fsp3) is 0.0667. The highest BCUT2D eigenvalue weighted by Gasteiger charge is 2.14. The van der Waals surface area contributed by atoms with Crippen LogP contribution in [0.3, 0.4) is 0 Å². The predicted molar refractivity (Wildman–Crippen MR) is 68.9 cm³/mol. The van der Waals surface area contributed by atoms with Gasteiger partial charge in [0.25, 0.3) is 0 Å². The average molecular weight is 260 g/mol. The Morgan fingerprint density at radius 3 is 2.61 bits per heavy atom. The van der Waals surface area contributed by atoms with E-state index in [1.807, 2.05) is 0 Å². The largest absolute Gasteiger partial charge is 0.473 e. The van der Waals surface area contributed by atoms with Crippen LogP contribution in [-0.2, 0) is 0 Å². The van der Waals surface area contributed by atoms with E-state index in [4.69, 9.17) is 22.8 Å². The first-order valence-electron chi connectivity index (χ1n) is 5.24. The molecule has 0 spiro atoms. The van der Waals surface area contributed by atoms with Gasteiger partial charge < -0.3 is 4.74 Å². The number of hydrogen-bond acceptors (Lipinski definition) is 1. The Morgan fingerprint density at radius 2 is 2.00 bits per heavy atom. The van der Waals surface area contributed by atoms with Gasteiger partial charge in [0, 0.05) is 5.56 Å². The molecule has 1 unspecified atom stereocenters. The first-order valence-corrected chi connectivity index (χ1v) is 5.62. The molecule has 0 aliphatic carbocycles. The third kappa shape index (κ3) is 2.82. The van der Waals surface area contributed by atoms with Crippen molar-refractivity contribution in [3.8, 4) is 18.1 Å². The van der Waals surface area contributed by atoms with Gasteiger partial charge >= 0.3 is 0 Å². The fourth-order valence-electron chi connectivity index (χ4n) is 1.49. The molecule has 2 aromatic carbocycles. The van der Waals surface area contributed by atoms with Crippen molar-refractivity contribution in [2.45, 2.75) is 6.10 Å². The minimum atomic E-state index is -0.652. The highest BCUT2D eigenvalue weighted by Crippen LogP contribution is 2.27. The molecule has 0 aromatic heterocycles. The lowest BCUT2D eigenvalue weighted by Crippen LogP contribution is -2.06. The van der Waals surface area contributed by atoms with Crippen molar-refractivity contribution >= 4 is 11.6 Å². The van der Waals surface area contributed by atoms with Crippen molar-refractivity contribution in [3.63, 3.8) is 0 Å². The second-order valence-corrected chi connectivity index (χ2v) is 3.97. The summed E-state index contributed by atoms with van der Waals surface area (Å²) < 4.78 is 18.6. The van der Waals surface area contributed by atoms with Crippen molar-refractivity contribution in [1.82, 2.24) is 0 Å². The van der Waals surface area contributed by atoms with Gasteiger partial charge in [-0.1, -0.05) is 29.7 Å². The summed E-state index contributed by atoms with van der Waals surface area (Å²) in [6.45, 7) is 0. The molecule has 0 N–H and O–H groups in total. The second-order valence-electron chi connectivity index (χ2n) is 3.57. The number of hydrogen-bond donors (Lipinski definition) is 0. The smallest absolute Gasteiger partial charge is 0.185 e. The standard InChI is InChI=1S/C15H9ClFO/c1-2-15(18-12-6-4-3-5-7-12)13-9-8-11(17)10-14(13)16/h1,4-10,15H. The van der Waals surface area contributed by atoms with Crippen LogP contribution in [-0.4, -0.2) is 0 Å². The van der Waals surface area contributed by atoms with Crippen molar-refractivity contribution in [3.05, 3.63) is 64.9 Å². The van der Waals surface area contributed by atoms with Gasteiger partial charge in [-0.05, 0) is 36.4 Å². The molecule has 0 saturated carbocycles. The molecule has 0 aliphatic rings. The van der Waals surface area contributed by atoms with E-state index in [1.165, 1.54) is 18.2 Å². The molecule has 0 aliphatic heterocycles. The summed E-state index contributed by atoms with van der Waals surface area (Å²) in [5.74, 6) is 2.69. The van der Waals surface area contributed by atoms with Crippen LogP contribution in [0.15, 0.2) is 42.5 Å². The Hall–Kier alpha value is -1.98. The normalized spacial score (nSPS) is 11.6. The maximum atomic E-state index is 13.0. The second kappa shape index (κ2) is 5.57. The minimum absolute atomic E-state index is 0.250. The van der Waals surface area contributed by atoms with Crippen molar-refractivity contribution in [1.29, 1.82) is 0 Å².